The third-order valence-electron chi connectivity index (χ3n) is 5.51. The maximum Gasteiger partial charge on any atom is 0.410 e. The standard InChI is InChI=1S/C26H30N2O4/c1-26(2,3)32-25(29)28-15-12-22(13-16-28)31-21-8-5-18(6-9-21)19-7-10-23-20(17-19)11-14-27-24(23)30-4/h5-11,14,17,22H,12-13,15-16H2,1-4H3. The lowest BCUT2D eigenvalue weighted by atomic mass is 10.0. The summed E-state index contributed by atoms with van der Waals surface area (Å²) in [6, 6.07) is 16.4. The first-order valence-electron chi connectivity index (χ1n) is 11.0. The number of carbonyl (C=O) groups is 1. The molecule has 1 saturated heterocycles. The van der Waals surface area contributed by atoms with Crippen molar-refractivity contribution in [2.75, 3.05) is 20.2 Å². The van der Waals surface area contributed by atoms with Crippen LogP contribution in [0, 0.1) is 0 Å². The Kier molecular flexibility index (Phi) is 6.21. The van der Waals surface area contributed by atoms with Crippen LogP contribution < -0.4 is 9.47 Å². The van der Waals surface area contributed by atoms with E-state index in [1.165, 1.54) is 0 Å². The quantitative estimate of drug-likeness (QED) is 0.528. The van der Waals surface area contributed by atoms with Crippen LogP contribution in [0.25, 0.3) is 21.9 Å². The molecule has 1 fully saturated rings. The Balaban J connectivity index is 1.37. The minimum atomic E-state index is -0.472. The smallest absolute Gasteiger partial charge is 0.410 e. The lowest BCUT2D eigenvalue weighted by molar-refractivity contribution is 0.0126. The minimum Gasteiger partial charge on any atom is -0.490 e. The van der Waals surface area contributed by atoms with E-state index in [9.17, 15) is 4.79 Å². The van der Waals surface area contributed by atoms with Gasteiger partial charge in [0, 0.05) is 37.5 Å². The van der Waals surface area contributed by atoms with Crippen LogP contribution in [0.5, 0.6) is 11.6 Å². The number of pyridine rings is 1. The van der Waals surface area contributed by atoms with Gasteiger partial charge in [-0.2, -0.15) is 0 Å². The van der Waals surface area contributed by atoms with Crippen LogP contribution >= 0.6 is 0 Å². The van der Waals surface area contributed by atoms with Gasteiger partial charge in [0.2, 0.25) is 5.88 Å². The fourth-order valence-corrected chi connectivity index (χ4v) is 3.89. The molecule has 1 aromatic heterocycles. The molecule has 32 heavy (non-hydrogen) atoms. The first-order chi connectivity index (χ1) is 15.3. The number of nitrogens with zero attached hydrogens (tertiary/aromatic N) is 2. The number of rotatable bonds is 4. The third-order valence-corrected chi connectivity index (χ3v) is 5.51. The van der Waals surface area contributed by atoms with Crippen molar-refractivity contribution < 1.29 is 19.0 Å². The van der Waals surface area contributed by atoms with Gasteiger partial charge >= 0.3 is 6.09 Å². The van der Waals surface area contributed by atoms with Crippen LogP contribution in [0.1, 0.15) is 33.6 Å². The largest absolute Gasteiger partial charge is 0.490 e. The molecule has 0 atom stereocenters. The highest BCUT2D eigenvalue weighted by Gasteiger charge is 2.27. The molecule has 6 nitrogen and oxygen atoms in total. The van der Waals surface area contributed by atoms with Gasteiger partial charge in [0.25, 0.3) is 0 Å². The zero-order chi connectivity index (χ0) is 22.7. The van der Waals surface area contributed by atoms with E-state index < -0.39 is 5.60 Å². The van der Waals surface area contributed by atoms with Crippen LogP contribution in [-0.2, 0) is 4.74 Å². The number of methoxy groups -OCH3 is 1. The summed E-state index contributed by atoms with van der Waals surface area (Å²) in [5.74, 6) is 1.48. The molecule has 1 aliphatic heterocycles. The van der Waals surface area contributed by atoms with Crippen molar-refractivity contribution in [3.05, 3.63) is 54.7 Å². The molecule has 0 radical (unpaired) electrons. The van der Waals surface area contributed by atoms with Gasteiger partial charge < -0.3 is 19.1 Å². The topological polar surface area (TPSA) is 60.9 Å². The summed E-state index contributed by atoms with van der Waals surface area (Å²) in [7, 11) is 1.63. The van der Waals surface area contributed by atoms with E-state index in [-0.39, 0.29) is 12.2 Å². The molecule has 0 unspecified atom stereocenters. The monoisotopic (exact) mass is 434 g/mol. The number of carbonyl (C=O) groups excluding carboxylic acids is 1. The van der Waals surface area contributed by atoms with Crippen LogP contribution in [0.3, 0.4) is 0 Å². The lowest BCUT2D eigenvalue weighted by Crippen LogP contribution is -2.44. The number of likely N-dealkylation sites (tertiary alicyclic amines) is 1. The Hall–Kier alpha value is -3.28. The maximum atomic E-state index is 12.2. The Morgan fingerprint density at radius 1 is 1.00 bits per heavy atom. The predicted molar refractivity (Wildman–Crippen MR) is 125 cm³/mol. The van der Waals surface area contributed by atoms with Gasteiger partial charge in [0.1, 0.15) is 17.5 Å². The highest BCUT2D eigenvalue weighted by Crippen LogP contribution is 2.30. The zero-order valence-corrected chi connectivity index (χ0v) is 19.1. The van der Waals surface area contributed by atoms with E-state index in [1.54, 1.807) is 18.2 Å². The van der Waals surface area contributed by atoms with Crippen molar-refractivity contribution in [1.82, 2.24) is 9.88 Å². The normalized spacial score (nSPS) is 14.9. The number of hydrogen-bond acceptors (Lipinski definition) is 5. The Bertz CT molecular complexity index is 1080. The molecule has 168 valence electrons. The van der Waals surface area contributed by atoms with Gasteiger partial charge in [0.05, 0.1) is 7.11 Å². The summed E-state index contributed by atoms with van der Waals surface area (Å²) in [4.78, 5) is 18.2. The Labute approximate surface area is 189 Å². The average Bonchev–Trinajstić information content (AvgIpc) is 2.78. The summed E-state index contributed by atoms with van der Waals surface area (Å²) in [6.45, 7) is 6.95. The summed E-state index contributed by atoms with van der Waals surface area (Å²) >= 11 is 0. The highest BCUT2D eigenvalue weighted by atomic mass is 16.6. The molecule has 1 aliphatic rings. The number of hydrogen-bond donors (Lipinski definition) is 0. The SMILES string of the molecule is COc1nccc2cc(-c3ccc(OC4CCN(C(=O)OC(C)(C)C)CC4)cc3)ccc12. The molecule has 1 amide bonds. The van der Waals surface area contributed by atoms with Gasteiger partial charge in [-0.3, -0.25) is 0 Å². The molecule has 2 heterocycles. The molecule has 6 heteroatoms. The maximum absolute atomic E-state index is 12.2. The second kappa shape index (κ2) is 9.07. The number of aromatic nitrogens is 1. The Morgan fingerprint density at radius 2 is 1.69 bits per heavy atom. The second-order valence-corrected chi connectivity index (χ2v) is 9.07. The van der Waals surface area contributed by atoms with Crippen molar-refractivity contribution in [2.45, 2.75) is 45.3 Å². The molecule has 0 spiro atoms. The number of benzene rings is 2. The van der Waals surface area contributed by atoms with E-state index in [4.69, 9.17) is 14.2 Å². The van der Waals surface area contributed by atoms with Crippen LogP contribution in [0.15, 0.2) is 54.7 Å². The Morgan fingerprint density at radius 3 is 2.34 bits per heavy atom. The molecule has 2 aromatic carbocycles. The second-order valence-electron chi connectivity index (χ2n) is 9.07. The van der Waals surface area contributed by atoms with Gasteiger partial charge in [-0.05, 0) is 67.6 Å². The van der Waals surface area contributed by atoms with E-state index in [1.807, 2.05) is 45.0 Å². The molecule has 0 N–H and O–H groups in total. The third kappa shape index (κ3) is 5.13. The minimum absolute atomic E-state index is 0.0974. The van der Waals surface area contributed by atoms with Crippen LogP contribution in [0.2, 0.25) is 0 Å². The van der Waals surface area contributed by atoms with Crippen LogP contribution in [0.4, 0.5) is 4.79 Å². The number of ether oxygens (including phenoxy) is 3. The molecule has 0 saturated carbocycles. The van der Waals surface area contributed by atoms with E-state index in [2.05, 4.69) is 29.2 Å². The van der Waals surface area contributed by atoms with Crippen molar-refractivity contribution in [1.29, 1.82) is 0 Å². The summed E-state index contributed by atoms with van der Waals surface area (Å²) in [5, 5.41) is 2.09. The number of amides is 1. The van der Waals surface area contributed by atoms with E-state index >= 15 is 0 Å². The van der Waals surface area contributed by atoms with Gasteiger partial charge in [-0.25, -0.2) is 9.78 Å². The van der Waals surface area contributed by atoms with Crippen molar-refractivity contribution in [3.8, 4) is 22.8 Å². The molecular weight excluding hydrogens is 404 g/mol. The number of piperidine rings is 1. The van der Waals surface area contributed by atoms with E-state index in [0.29, 0.717) is 19.0 Å². The molecule has 0 bridgehead atoms. The van der Waals surface area contributed by atoms with E-state index in [0.717, 1.165) is 40.5 Å². The van der Waals surface area contributed by atoms with Gasteiger partial charge in [0.15, 0.2) is 0 Å². The molecule has 0 aliphatic carbocycles. The first-order valence-corrected chi connectivity index (χ1v) is 11.0. The molecule has 4 rings (SSSR count). The van der Waals surface area contributed by atoms with Crippen LogP contribution in [-0.4, -0.2) is 47.9 Å². The highest BCUT2D eigenvalue weighted by molar-refractivity contribution is 5.90. The van der Waals surface area contributed by atoms with Gasteiger partial charge in [-0.1, -0.05) is 18.2 Å². The fourth-order valence-electron chi connectivity index (χ4n) is 3.89. The lowest BCUT2D eigenvalue weighted by Gasteiger charge is -2.33. The number of fused-ring (bicyclic) bond motifs is 1. The average molecular weight is 435 g/mol. The molecular formula is C26H30N2O4. The van der Waals surface area contributed by atoms with Crippen molar-refractivity contribution in [3.63, 3.8) is 0 Å². The summed E-state index contributed by atoms with van der Waals surface area (Å²) in [5.41, 5.74) is 1.78. The van der Waals surface area contributed by atoms with Crippen molar-refractivity contribution >= 4 is 16.9 Å². The fraction of sp³-hybridized carbons (Fsp3) is 0.385. The van der Waals surface area contributed by atoms with Gasteiger partial charge in [-0.15, -0.1) is 0 Å². The predicted octanol–water partition coefficient (Wildman–Crippen LogP) is 5.69. The molecule has 3 aromatic rings. The summed E-state index contributed by atoms with van der Waals surface area (Å²) in [6.07, 6.45) is 3.20. The zero-order valence-electron chi connectivity index (χ0n) is 19.1. The van der Waals surface area contributed by atoms with Crippen molar-refractivity contribution in [2.24, 2.45) is 0 Å². The first kappa shape index (κ1) is 21.9. The summed E-state index contributed by atoms with van der Waals surface area (Å²) < 4.78 is 17.0.